The first-order valence-electron chi connectivity index (χ1n) is 7.93. The van der Waals surface area contributed by atoms with E-state index in [0.717, 1.165) is 28.1 Å². The van der Waals surface area contributed by atoms with Crippen LogP contribution in [-0.4, -0.2) is 15.1 Å². The van der Waals surface area contributed by atoms with Crippen molar-refractivity contribution in [2.24, 2.45) is 0 Å². The van der Waals surface area contributed by atoms with Gasteiger partial charge in [0.05, 0.1) is 5.52 Å². The van der Waals surface area contributed by atoms with Gasteiger partial charge in [-0.25, -0.2) is 4.98 Å². The van der Waals surface area contributed by atoms with Gasteiger partial charge in [0, 0.05) is 16.8 Å². The summed E-state index contributed by atoms with van der Waals surface area (Å²) in [4.78, 5) is 9.19. The number of halogens is 1. The summed E-state index contributed by atoms with van der Waals surface area (Å²) in [5.74, 6) is 1.44. The smallest absolute Gasteiger partial charge is 0.229 e. The van der Waals surface area contributed by atoms with Gasteiger partial charge in [0.1, 0.15) is 11.6 Å². The van der Waals surface area contributed by atoms with Crippen LogP contribution < -0.4 is 10.6 Å². The highest BCUT2D eigenvalue weighted by Gasteiger charge is 2.08. The highest BCUT2D eigenvalue weighted by atomic mass is 35.5. The third kappa shape index (κ3) is 3.84. The highest BCUT2D eigenvalue weighted by Crippen LogP contribution is 2.26. The summed E-state index contributed by atoms with van der Waals surface area (Å²) in [5, 5.41) is 16.9. The Balaban J connectivity index is 0.00000196. The summed E-state index contributed by atoms with van der Waals surface area (Å²) in [5.41, 5.74) is 2.61. The molecule has 0 amide bonds. The van der Waals surface area contributed by atoms with E-state index in [1.165, 1.54) is 0 Å². The number of hydrogen-bond donors (Lipinski definition) is 3. The van der Waals surface area contributed by atoms with Gasteiger partial charge < -0.3 is 15.7 Å². The van der Waals surface area contributed by atoms with E-state index in [1.54, 1.807) is 24.3 Å². The zero-order chi connectivity index (χ0) is 17.1. The fourth-order valence-electron chi connectivity index (χ4n) is 2.56. The van der Waals surface area contributed by atoms with Crippen LogP contribution in [0.1, 0.15) is 0 Å². The zero-order valence-electron chi connectivity index (χ0n) is 13.8. The van der Waals surface area contributed by atoms with Crippen LogP contribution in [0, 0.1) is 0 Å². The molecule has 0 bridgehead atoms. The lowest BCUT2D eigenvalue weighted by Gasteiger charge is -2.12. The van der Waals surface area contributed by atoms with E-state index in [9.17, 15) is 5.11 Å². The van der Waals surface area contributed by atoms with Crippen LogP contribution in [-0.2, 0) is 0 Å². The quantitative estimate of drug-likeness (QED) is 0.432. The number of nitrogens with one attached hydrogen (secondary N) is 2. The van der Waals surface area contributed by atoms with Crippen LogP contribution in [0.3, 0.4) is 0 Å². The summed E-state index contributed by atoms with van der Waals surface area (Å²) in [6.07, 6.45) is 0. The van der Waals surface area contributed by atoms with Crippen LogP contribution in [0.4, 0.5) is 23.1 Å². The van der Waals surface area contributed by atoms with E-state index in [-0.39, 0.29) is 18.2 Å². The minimum absolute atomic E-state index is 0. The Kier molecular flexibility index (Phi) is 5.20. The number of phenols is 1. The topological polar surface area (TPSA) is 70.1 Å². The van der Waals surface area contributed by atoms with E-state index in [0.29, 0.717) is 5.95 Å². The van der Waals surface area contributed by atoms with Gasteiger partial charge in [0.2, 0.25) is 5.95 Å². The first-order valence-corrected chi connectivity index (χ1v) is 7.93. The molecule has 0 unspecified atom stereocenters. The molecule has 0 saturated carbocycles. The molecule has 4 aromatic rings. The maximum atomic E-state index is 9.40. The SMILES string of the molecule is Cl.Oc1ccc(Nc2nc(Nc3ccccc3)c3ccccc3n2)cc1. The van der Waals surface area contributed by atoms with Crippen molar-refractivity contribution >= 4 is 46.5 Å². The van der Waals surface area contributed by atoms with Crippen molar-refractivity contribution in [3.05, 3.63) is 78.9 Å². The Bertz CT molecular complexity index is 1010. The average Bonchev–Trinajstić information content (AvgIpc) is 2.65. The number of fused-ring (bicyclic) bond motifs is 1. The summed E-state index contributed by atoms with van der Waals surface area (Å²) < 4.78 is 0. The maximum absolute atomic E-state index is 9.40. The molecule has 26 heavy (non-hydrogen) atoms. The predicted octanol–water partition coefficient (Wildman–Crippen LogP) is 5.24. The van der Waals surface area contributed by atoms with Gasteiger partial charge in [-0.3, -0.25) is 0 Å². The second kappa shape index (κ2) is 7.72. The lowest BCUT2D eigenvalue weighted by Crippen LogP contribution is -2.02. The standard InChI is InChI=1S/C20H16N4O.ClH/c25-16-12-10-15(11-13-16)22-20-23-18-9-5-4-8-17(18)19(24-20)21-14-6-2-1-3-7-14;/h1-13,25H,(H2,21,22,23,24);1H. The lowest BCUT2D eigenvalue weighted by atomic mass is 10.2. The molecule has 5 nitrogen and oxygen atoms in total. The molecule has 4 rings (SSSR count). The Morgan fingerprint density at radius 1 is 0.654 bits per heavy atom. The van der Waals surface area contributed by atoms with E-state index in [4.69, 9.17) is 0 Å². The molecule has 0 aliphatic carbocycles. The highest BCUT2D eigenvalue weighted by molar-refractivity contribution is 5.92. The fourth-order valence-corrected chi connectivity index (χ4v) is 2.56. The Labute approximate surface area is 157 Å². The number of hydrogen-bond acceptors (Lipinski definition) is 5. The molecule has 3 aromatic carbocycles. The van der Waals surface area contributed by atoms with Gasteiger partial charge in [-0.1, -0.05) is 30.3 Å². The van der Waals surface area contributed by atoms with Gasteiger partial charge in [0.15, 0.2) is 0 Å². The van der Waals surface area contributed by atoms with Gasteiger partial charge in [0.25, 0.3) is 0 Å². The largest absolute Gasteiger partial charge is 0.508 e. The molecule has 0 radical (unpaired) electrons. The first kappa shape index (κ1) is 17.5. The summed E-state index contributed by atoms with van der Waals surface area (Å²) in [6.45, 7) is 0. The molecule has 0 aliphatic heterocycles. The molecule has 1 heterocycles. The number of rotatable bonds is 4. The molecule has 3 N–H and O–H groups in total. The lowest BCUT2D eigenvalue weighted by molar-refractivity contribution is 0.475. The van der Waals surface area contributed by atoms with Crippen molar-refractivity contribution in [3.8, 4) is 5.75 Å². The average molecular weight is 365 g/mol. The number of benzene rings is 3. The molecule has 0 saturated heterocycles. The van der Waals surface area contributed by atoms with E-state index >= 15 is 0 Å². The first-order chi connectivity index (χ1) is 12.3. The van der Waals surface area contributed by atoms with Crippen LogP contribution in [0.2, 0.25) is 0 Å². The molecule has 0 aliphatic rings. The van der Waals surface area contributed by atoms with Gasteiger partial charge in [-0.2, -0.15) is 4.98 Å². The molecule has 1 aromatic heterocycles. The summed E-state index contributed by atoms with van der Waals surface area (Å²) in [6, 6.07) is 24.5. The number of phenolic OH excluding ortho intramolecular Hbond substituents is 1. The van der Waals surface area contributed by atoms with Crippen LogP contribution >= 0.6 is 12.4 Å². The number of anilines is 4. The van der Waals surface area contributed by atoms with Gasteiger partial charge >= 0.3 is 0 Å². The van der Waals surface area contributed by atoms with Gasteiger partial charge in [-0.15, -0.1) is 12.4 Å². The van der Waals surface area contributed by atoms with Crippen molar-refractivity contribution in [2.75, 3.05) is 10.6 Å². The van der Waals surface area contributed by atoms with Crippen molar-refractivity contribution in [3.63, 3.8) is 0 Å². The van der Waals surface area contributed by atoms with Crippen molar-refractivity contribution in [1.29, 1.82) is 0 Å². The number of aromatic hydroxyl groups is 1. The maximum Gasteiger partial charge on any atom is 0.229 e. The third-order valence-electron chi connectivity index (χ3n) is 3.76. The Morgan fingerprint density at radius 3 is 2.08 bits per heavy atom. The third-order valence-corrected chi connectivity index (χ3v) is 3.76. The number of nitrogens with zero attached hydrogens (tertiary/aromatic N) is 2. The fraction of sp³-hybridized carbons (Fsp3) is 0. The van der Waals surface area contributed by atoms with Gasteiger partial charge in [-0.05, 0) is 48.5 Å². The molecule has 0 fully saturated rings. The monoisotopic (exact) mass is 364 g/mol. The summed E-state index contributed by atoms with van der Waals surface area (Å²) >= 11 is 0. The minimum atomic E-state index is 0. The molecule has 6 heteroatoms. The van der Waals surface area contributed by atoms with Crippen molar-refractivity contribution in [2.45, 2.75) is 0 Å². The van der Waals surface area contributed by atoms with E-state index in [2.05, 4.69) is 20.6 Å². The second-order valence-corrected chi connectivity index (χ2v) is 5.58. The van der Waals surface area contributed by atoms with Crippen LogP contribution in [0.25, 0.3) is 10.9 Å². The van der Waals surface area contributed by atoms with Crippen LogP contribution in [0.5, 0.6) is 5.75 Å². The predicted molar refractivity (Wildman–Crippen MR) is 108 cm³/mol. The minimum Gasteiger partial charge on any atom is -0.508 e. The van der Waals surface area contributed by atoms with E-state index < -0.39 is 0 Å². The molecule has 0 spiro atoms. The number of para-hydroxylation sites is 2. The van der Waals surface area contributed by atoms with Crippen molar-refractivity contribution < 1.29 is 5.11 Å². The molecule has 130 valence electrons. The molecular weight excluding hydrogens is 348 g/mol. The molecular formula is C20H17ClN4O. The second-order valence-electron chi connectivity index (χ2n) is 5.58. The number of aromatic nitrogens is 2. The van der Waals surface area contributed by atoms with Crippen LogP contribution in [0.15, 0.2) is 78.9 Å². The zero-order valence-corrected chi connectivity index (χ0v) is 14.6. The Hall–Kier alpha value is -3.31. The van der Waals surface area contributed by atoms with E-state index in [1.807, 2.05) is 54.6 Å². The Morgan fingerprint density at radius 2 is 1.31 bits per heavy atom. The molecule has 0 atom stereocenters. The van der Waals surface area contributed by atoms with Crippen molar-refractivity contribution in [1.82, 2.24) is 9.97 Å². The normalized spacial score (nSPS) is 10.2. The summed E-state index contributed by atoms with van der Waals surface area (Å²) in [7, 11) is 0.